The summed E-state index contributed by atoms with van der Waals surface area (Å²) in [5, 5.41) is 24.6. The van der Waals surface area contributed by atoms with Crippen LogP contribution in [0, 0.1) is 11.3 Å². The van der Waals surface area contributed by atoms with Gasteiger partial charge in [0.15, 0.2) is 0 Å². The molecule has 1 aliphatic rings. The van der Waals surface area contributed by atoms with Crippen LogP contribution in [0.15, 0.2) is 24.3 Å². The zero-order chi connectivity index (χ0) is 16.0. The first-order valence-electron chi connectivity index (χ1n) is 7.78. The van der Waals surface area contributed by atoms with Crippen molar-refractivity contribution in [3.63, 3.8) is 0 Å². The molecule has 1 aromatic carbocycles. The number of carbonyl (C=O) groups is 1. The number of aliphatic hydroxyl groups is 1. The topological polar surface area (TPSA) is 85.2 Å². The highest BCUT2D eigenvalue weighted by Gasteiger charge is 2.34. The quantitative estimate of drug-likeness (QED) is 0.779. The Morgan fingerprint density at radius 2 is 2.14 bits per heavy atom. The van der Waals surface area contributed by atoms with Gasteiger partial charge in [-0.3, -0.25) is 4.79 Å². The van der Waals surface area contributed by atoms with Gasteiger partial charge in [-0.2, -0.15) is 5.26 Å². The second-order valence-electron chi connectivity index (χ2n) is 5.97. The maximum absolute atomic E-state index is 12.4. The Kier molecular flexibility index (Phi) is 5.40. The van der Waals surface area contributed by atoms with Crippen molar-refractivity contribution in [2.75, 3.05) is 5.32 Å². The Bertz CT molecular complexity index is 559. The maximum atomic E-state index is 12.4. The van der Waals surface area contributed by atoms with Crippen molar-refractivity contribution in [1.82, 2.24) is 5.32 Å². The molecule has 5 nitrogen and oxygen atoms in total. The lowest BCUT2D eigenvalue weighted by Crippen LogP contribution is -2.52. The number of anilines is 1. The van der Waals surface area contributed by atoms with Gasteiger partial charge < -0.3 is 15.7 Å². The van der Waals surface area contributed by atoms with E-state index in [1.165, 1.54) is 0 Å². The molecule has 2 rings (SSSR count). The summed E-state index contributed by atoms with van der Waals surface area (Å²) in [6.45, 7) is 1.74. The number of hydrogen-bond acceptors (Lipinski definition) is 4. The first kappa shape index (κ1) is 16.3. The van der Waals surface area contributed by atoms with Crippen molar-refractivity contribution in [2.24, 2.45) is 0 Å². The second-order valence-corrected chi connectivity index (χ2v) is 5.97. The van der Waals surface area contributed by atoms with E-state index in [1.54, 1.807) is 6.92 Å². The Morgan fingerprint density at radius 1 is 1.41 bits per heavy atom. The van der Waals surface area contributed by atoms with Crippen molar-refractivity contribution in [3.8, 4) is 6.07 Å². The number of nitrogens with zero attached hydrogens (tertiary/aromatic N) is 1. The van der Waals surface area contributed by atoms with E-state index >= 15 is 0 Å². The van der Waals surface area contributed by atoms with Gasteiger partial charge in [0.1, 0.15) is 11.6 Å². The number of amides is 1. The minimum atomic E-state index is -0.710. The van der Waals surface area contributed by atoms with Crippen LogP contribution in [-0.2, 0) is 11.4 Å². The van der Waals surface area contributed by atoms with Gasteiger partial charge >= 0.3 is 0 Å². The monoisotopic (exact) mass is 301 g/mol. The van der Waals surface area contributed by atoms with E-state index < -0.39 is 11.6 Å². The van der Waals surface area contributed by atoms with Crippen molar-refractivity contribution in [1.29, 1.82) is 5.26 Å². The standard InChI is InChI=1S/C17H23N3O2/c1-13(19-15-7-5-6-14(10-15)11-21)16(22)20-17(12-18)8-3-2-4-9-17/h5-7,10,13,19,21H,2-4,8-9,11H2,1H3,(H,20,22). The van der Waals surface area contributed by atoms with Gasteiger partial charge in [-0.05, 0) is 37.5 Å². The number of hydrogen-bond donors (Lipinski definition) is 3. The summed E-state index contributed by atoms with van der Waals surface area (Å²) in [7, 11) is 0. The highest BCUT2D eigenvalue weighted by molar-refractivity contribution is 5.85. The lowest BCUT2D eigenvalue weighted by Gasteiger charge is -2.32. The fourth-order valence-corrected chi connectivity index (χ4v) is 2.84. The average molecular weight is 301 g/mol. The van der Waals surface area contributed by atoms with E-state index in [-0.39, 0.29) is 12.5 Å². The summed E-state index contributed by atoms with van der Waals surface area (Å²) < 4.78 is 0. The van der Waals surface area contributed by atoms with Gasteiger partial charge in [-0.1, -0.05) is 31.4 Å². The summed E-state index contributed by atoms with van der Waals surface area (Å²) in [5.74, 6) is -0.169. The summed E-state index contributed by atoms with van der Waals surface area (Å²) in [6, 6.07) is 9.16. The fourth-order valence-electron chi connectivity index (χ4n) is 2.84. The van der Waals surface area contributed by atoms with Crippen LogP contribution in [0.5, 0.6) is 0 Å². The Labute approximate surface area is 131 Å². The largest absolute Gasteiger partial charge is 0.392 e. The number of nitriles is 1. The molecule has 0 heterocycles. The molecule has 1 fully saturated rings. The molecule has 0 aromatic heterocycles. The van der Waals surface area contributed by atoms with Gasteiger partial charge in [0.25, 0.3) is 0 Å². The molecule has 0 radical (unpaired) electrons. The molecule has 1 amide bonds. The molecule has 0 spiro atoms. The Morgan fingerprint density at radius 3 is 2.77 bits per heavy atom. The predicted molar refractivity (Wildman–Crippen MR) is 85.0 cm³/mol. The lowest BCUT2D eigenvalue weighted by atomic mass is 9.82. The zero-order valence-electron chi connectivity index (χ0n) is 12.9. The van der Waals surface area contributed by atoms with Crippen molar-refractivity contribution >= 4 is 11.6 Å². The van der Waals surface area contributed by atoms with E-state index in [0.29, 0.717) is 0 Å². The van der Waals surface area contributed by atoms with Crippen LogP contribution in [0.1, 0.15) is 44.6 Å². The van der Waals surface area contributed by atoms with E-state index in [4.69, 9.17) is 5.11 Å². The predicted octanol–water partition coefficient (Wildman–Crippen LogP) is 2.32. The van der Waals surface area contributed by atoms with Crippen LogP contribution in [0.25, 0.3) is 0 Å². The highest BCUT2D eigenvalue weighted by atomic mass is 16.3. The van der Waals surface area contributed by atoms with E-state index in [1.807, 2.05) is 24.3 Å². The van der Waals surface area contributed by atoms with Crippen molar-refractivity contribution in [3.05, 3.63) is 29.8 Å². The molecule has 5 heteroatoms. The molecule has 22 heavy (non-hydrogen) atoms. The van der Waals surface area contributed by atoms with Gasteiger partial charge in [-0.25, -0.2) is 0 Å². The maximum Gasteiger partial charge on any atom is 0.243 e. The molecule has 118 valence electrons. The lowest BCUT2D eigenvalue weighted by molar-refractivity contribution is -0.123. The van der Waals surface area contributed by atoms with Crippen LogP contribution in [0.3, 0.4) is 0 Å². The first-order chi connectivity index (χ1) is 10.6. The smallest absolute Gasteiger partial charge is 0.243 e. The molecular weight excluding hydrogens is 278 g/mol. The number of rotatable bonds is 5. The van der Waals surface area contributed by atoms with Gasteiger partial charge in [0, 0.05) is 5.69 Å². The molecule has 1 atom stereocenters. The molecule has 0 saturated heterocycles. The van der Waals surface area contributed by atoms with E-state index in [9.17, 15) is 10.1 Å². The van der Waals surface area contributed by atoms with E-state index in [0.717, 1.165) is 43.4 Å². The first-order valence-corrected chi connectivity index (χ1v) is 7.78. The van der Waals surface area contributed by atoms with Crippen LogP contribution in [-0.4, -0.2) is 22.6 Å². The van der Waals surface area contributed by atoms with Crippen LogP contribution in [0.4, 0.5) is 5.69 Å². The third-order valence-corrected chi connectivity index (χ3v) is 4.17. The van der Waals surface area contributed by atoms with Crippen LogP contribution < -0.4 is 10.6 Å². The summed E-state index contributed by atoms with van der Waals surface area (Å²) in [6.07, 6.45) is 4.54. The molecule has 1 aromatic rings. The summed E-state index contributed by atoms with van der Waals surface area (Å²) in [5.41, 5.74) is 0.861. The molecule has 0 bridgehead atoms. The molecular formula is C17H23N3O2. The highest BCUT2D eigenvalue weighted by Crippen LogP contribution is 2.27. The Balaban J connectivity index is 1.98. The molecule has 3 N–H and O–H groups in total. The van der Waals surface area contributed by atoms with E-state index in [2.05, 4.69) is 16.7 Å². The third kappa shape index (κ3) is 3.99. The van der Waals surface area contributed by atoms with Gasteiger partial charge in [-0.15, -0.1) is 0 Å². The minimum absolute atomic E-state index is 0.0341. The second kappa shape index (κ2) is 7.28. The number of nitrogens with one attached hydrogen (secondary N) is 2. The summed E-state index contributed by atoms with van der Waals surface area (Å²) in [4.78, 5) is 12.4. The zero-order valence-corrected chi connectivity index (χ0v) is 12.9. The van der Waals surface area contributed by atoms with Crippen LogP contribution >= 0.6 is 0 Å². The third-order valence-electron chi connectivity index (χ3n) is 4.17. The molecule has 0 aliphatic heterocycles. The van der Waals surface area contributed by atoms with Crippen molar-refractivity contribution < 1.29 is 9.90 Å². The average Bonchev–Trinajstić information content (AvgIpc) is 2.55. The van der Waals surface area contributed by atoms with Gasteiger partial charge in [0.05, 0.1) is 12.7 Å². The summed E-state index contributed by atoms with van der Waals surface area (Å²) >= 11 is 0. The number of benzene rings is 1. The van der Waals surface area contributed by atoms with Crippen LogP contribution in [0.2, 0.25) is 0 Å². The molecule has 1 unspecified atom stereocenters. The normalized spacial score (nSPS) is 18.0. The van der Waals surface area contributed by atoms with Gasteiger partial charge in [0.2, 0.25) is 5.91 Å². The molecule has 1 saturated carbocycles. The number of aliphatic hydroxyl groups excluding tert-OH is 1. The minimum Gasteiger partial charge on any atom is -0.392 e. The SMILES string of the molecule is CC(Nc1cccc(CO)c1)C(=O)NC1(C#N)CCCCC1. The number of carbonyl (C=O) groups excluding carboxylic acids is 1. The molecule has 1 aliphatic carbocycles. The fraction of sp³-hybridized carbons (Fsp3) is 0.529. The van der Waals surface area contributed by atoms with Crippen molar-refractivity contribution in [2.45, 2.75) is 57.2 Å². The Hall–Kier alpha value is -2.06.